The van der Waals surface area contributed by atoms with Gasteiger partial charge in [0.05, 0.1) is 5.00 Å². The fourth-order valence-corrected chi connectivity index (χ4v) is 1.87. The summed E-state index contributed by atoms with van der Waals surface area (Å²) in [5, 5.41) is 9.23. The van der Waals surface area contributed by atoms with Crippen molar-refractivity contribution in [3.05, 3.63) is 17.5 Å². The van der Waals surface area contributed by atoms with Crippen LogP contribution in [0.4, 0.5) is 5.00 Å². The molecule has 19 heavy (non-hydrogen) atoms. The highest BCUT2D eigenvalue weighted by Crippen LogP contribution is 2.14. The monoisotopic (exact) mass is 303 g/mol. The van der Waals surface area contributed by atoms with E-state index in [2.05, 4.69) is 27.5 Å². The van der Waals surface area contributed by atoms with E-state index in [4.69, 9.17) is 5.73 Å². The summed E-state index contributed by atoms with van der Waals surface area (Å²) in [4.78, 5) is 8.54. The van der Waals surface area contributed by atoms with Crippen LogP contribution in [0.5, 0.6) is 0 Å². The Morgan fingerprint density at radius 2 is 2.16 bits per heavy atom. The summed E-state index contributed by atoms with van der Waals surface area (Å²) in [5.74, 6) is 1.04. The zero-order valence-corrected chi connectivity index (χ0v) is 13.0. The molecule has 0 unspecified atom stereocenters. The molecule has 1 heterocycles. The molecule has 1 aromatic heterocycles. The Labute approximate surface area is 124 Å². The number of halogens is 1. The molecule has 0 aliphatic heterocycles. The predicted octanol–water partition coefficient (Wildman–Crippen LogP) is 2.66. The molecule has 5 nitrogen and oxygen atoms in total. The number of thiophene rings is 1. The van der Waals surface area contributed by atoms with Gasteiger partial charge < -0.3 is 11.1 Å². The summed E-state index contributed by atoms with van der Waals surface area (Å²) in [6.45, 7) is 5.51. The summed E-state index contributed by atoms with van der Waals surface area (Å²) in [6.07, 6.45) is 2.18. The molecular formula is C12H22ClN5S. The Bertz CT molecular complexity index is 389. The lowest BCUT2D eigenvalue weighted by molar-refractivity contribution is 0.805. The van der Waals surface area contributed by atoms with E-state index in [1.165, 1.54) is 0 Å². The Morgan fingerprint density at radius 3 is 2.74 bits per heavy atom. The molecule has 1 rings (SSSR count). The summed E-state index contributed by atoms with van der Waals surface area (Å²) in [6, 6.07) is 3.98. The standard InChI is InChI=1S/C12H21N5S.ClH/c1-3-5-8-15-12(17-11(13)14-4-2)16-10-7-6-9-18-10;/h6-7,9H,3-5,8H2,1-2H3,(H4,13,14,15,16,17);1H. The maximum Gasteiger partial charge on any atom is 0.203 e. The Balaban J connectivity index is 0.00000324. The molecule has 4 N–H and O–H groups in total. The fourth-order valence-electron chi connectivity index (χ4n) is 1.26. The van der Waals surface area contributed by atoms with Crippen molar-refractivity contribution in [2.24, 2.45) is 15.7 Å². The molecule has 0 radical (unpaired) electrons. The SMILES string of the molecule is CCCCN=C(NC(N)=NCC)Nc1cccs1.Cl. The zero-order chi connectivity index (χ0) is 13.2. The van der Waals surface area contributed by atoms with Crippen LogP contribution < -0.4 is 16.4 Å². The minimum atomic E-state index is 0. The molecule has 0 aliphatic carbocycles. The molecule has 0 amide bonds. The van der Waals surface area contributed by atoms with Crippen molar-refractivity contribution < 1.29 is 0 Å². The maximum absolute atomic E-state index is 5.74. The lowest BCUT2D eigenvalue weighted by Crippen LogP contribution is -2.41. The van der Waals surface area contributed by atoms with Crippen LogP contribution in [0.15, 0.2) is 27.5 Å². The van der Waals surface area contributed by atoms with E-state index in [-0.39, 0.29) is 12.4 Å². The number of rotatable bonds is 5. The highest BCUT2D eigenvalue weighted by molar-refractivity contribution is 7.14. The summed E-state index contributed by atoms with van der Waals surface area (Å²) in [7, 11) is 0. The van der Waals surface area contributed by atoms with Gasteiger partial charge in [0.25, 0.3) is 0 Å². The molecule has 0 aromatic carbocycles. The second kappa shape index (κ2) is 10.6. The second-order valence-corrected chi connectivity index (χ2v) is 4.62. The van der Waals surface area contributed by atoms with E-state index in [9.17, 15) is 0 Å². The molecule has 0 bridgehead atoms. The van der Waals surface area contributed by atoms with Crippen molar-refractivity contribution in [1.82, 2.24) is 5.32 Å². The third-order valence-corrected chi connectivity index (χ3v) is 2.90. The first-order valence-corrected chi connectivity index (χ1v) is 7.06. The van der Waals surface area contributed by atoms with E-state index < -0.39 is 0 Å². The van der Waals surface area contributed by atoms with E-state index in [0.29, 0.717) is 18.5 Å². The minimum absolute atomic E-state index is 0. The Hall–Kier alpha value is -1.27. The second-order valence-electron chi connectivity index (χ2n) is 3.67. The van der Waals surface area contributed by atoms with Gasteiger partial charge in [-0.3, -0.25) is 15.3 Å². The molecule has 1 aromatic rings. The van der Waals surface area contributed by atoms with Crippen molar-refractivity contribution in [1.29, 1.82) is 0 Å². The average Bonchev–Trinajstić information content (AvgIpc) is 2.82. The van der Waals surface area contributed by atoms with Crippen LogP contribution in [0, 0.1) is 0 Å². The number of nitrogens with zero attached hydrogens (tertiary/aromatic N) is 2. The average molecular weight is 304 g/mol. The number of unbranched alkanes of at least 4 members (excludes halogenated alkanes) is 1. The van der Waals surface area contributed by atoms with Gasteiger partial charge in [0.1, 0.15) is 0 Å². The highest BCUT2D eigenvalue weighted by Gasteiger charge is 2.02. The van der Waals surface area contributed by atoms with Crippen LogP contribution >= 0.6 is 23.7 Å². The quantitative estimate of drug-likeness (QED) is 0.445. The van der Waals surface area contributed by atoms with Gasteiger partial charge in [-0.25, -0.2) is 0 Å². The van der Waals surface area contributed by atoms with E-state index >= 15 is 0 Å². The third kappa shape index (κ3) is 7.69. The van der Waals surface area contributed by atoms with Crippen molar-refractivity contribution >= 4 is 40.7 Å². The number of anilines is 1. The number of nitrogens with two attached hydrogens (primary N) is 1. The normalized spacial score (nSPS) is 11.9. The lowest BCUT2D eigenvalue weighted by atomic mass is 10.3. The summed E-state index contributed by atoms with van der Waals surface area (Å²) >= 11 is 1.62. The van der Waals surface area contributed by atoms with Gasteiger partial charge in [-0.2, -0.15) is 0 Å². The van der Waals surface area contributed by atoms with E-state index in [0.717, 1.165) is 24.4 Å². The van der Waals surface area contributed by atoms with Crippen LogP contribution in [0.25, 0.3) is 0 Å². The molecule has 0 saturated heterocycles. The fraction of sp³-hybridized carbons (Fsp3) is 0.500. The van der Waals surface area contributed by atoms with Gasteiger partial charge >= 0.3 is 0 Å². The molecule has 0 spiro atoms. The van der Waals surface area contributed by atoms with Gasteiger partial charge in [-0.05, 0) is 30.9 Å². The van der Waals surface area contributed by atoms with Crippen molar-refractivity contribution in [2.45, 2.75) is 26.7 Å². The summed E-state index contributed by atoms with van der Waals surface area (Å²) in [5.41, 5.74) is 5.74. The van der Waals surface area contributed by atoms with Crippen molar-refractivity contribution in [3.8, 4) is 0 Å². The van der Waals surface area contributed by atoms with Crippen molar-refractivity contribution in [2.75, 3.05) is 18.4 Å². The molecule has 108 valence electrons. The largest absolute Gasteiger partial charge is 0.370 e. The molecule has 7 heteroatoms. The highest BCUT2D eigenvalue weighted by atomic mass is 35.5. The summed E-state index contributed by atoms with van der Waals surface area (Å²) < 4.78 is 0. The van der Waals surface area contributed by atoms with Gasteiger partial charge in [0.2, 0.25) is 5.96 Å². The van der Waals surface area contributed by atoms with Crippen LogP contribution in [-0.2, 0) is 0 Å². The predicted molar refractivity (Wildman–Crippen MR) is 87.7 cm³/mol. The Kier molecular flexibility index (Phi) is 9.92. The van der Waals surface area contributed by atoms with E-state index in [1.54, 1.807) is 11.3 Å². The number of aliphatic imine (C=N–C) groups is 2. The van der Waals surface area contributed by atoms with Crippen LogP contribution in [0.1, 0.15) is 26.7 Å². The molecule has 0 saturated carbocycles. The van der Waals surface area contributed by atoms with Crippen molar-refractivity contribution in [3.63, 3.8) is 0 Å². The molecule has 0 atom stereocenters. The van der Waals surface area contributed by atoms with Crippen LogP contribution in [0.3, 0.4) is 0 Å². The topological polar surface area (TPSA) is 74.8 Å². The maximum atomic E-state index is 5.74. The first kappa shape index (κ1) is 17.7. The number of nitrogens with one attached hydrogen (secondary N) is 2. The van der Waals surface area contributed by atoms with Gasteiger partial charge in [-0.1, -0.05) is 13.3 Å². The molecular weight excluding hydrogens is 282 g/mol. The van der Waals surface area contributed by atoms with Crippen LogP contribution in [-0.4, -0.2) is 25.0 Å². The smallest absolute Gasteiger partial charge is 0.203 e. The minimum Gasteiger partial charge on any atom is -0.370 e. The van der Waals surface area contributed by atoms with Gasteiger partial charge in [0, 0.05) is 13.1 Å². The van der Waals surface area contributed by atoms with E-state index in [1.807, 2.05) is 24.4 Å². The third-order valence-electron chi connectivity index (χ3n) is 2.12. The van der Waals surface area contributed by atoms with Gasteiger partial charge in [0.15, 0.2) is 5.96 Å². The van der Waals surface area contributed by atoms with Gasteiger partial charge in [-0.15, -0.1) is 23.7 Å². The molecule has 0 aliphatic rings. The lowest BCUT2D eigenvalue weighted by Gasteiger charge is -2.10. The number of guanidine groups is 2. The Morgan fingerprint density at radius 1 is 1.37 bits per heavy atom. The van der Waals surface area contributed by atoms with Crippen LogP contribution in [0.2, 0.25) is 0 Å². The number of hydrogen-bond acceptors (Lipinski definition) is 3. The molecule has 0 fully saturated rings. The zero-order valence-electron chi connectivity index (χ0n) is 11.3. The number of hydrogen-bond donors (Lipinski definition) is 3. The first-order chi connectivity index (χ1) is 8.76. The first-order valence-electron chi connectivity index (χ1n) is 6.18.